The van der Waals surface area contributed by atoms with E-state index in [-0.39, 0.29) is 16.6 Å². The predicted octanol–water partition coefficient (Wildman–Crippen LogP) is 2.01. The Kier molecular flexibility index (Phi) is 5.88. The van der Waals surface area contributed by atoms with Gasteiger partial charge in [-0.2, -0.15) is 0 Å². The van der Waals surface area contributed by atoms with Crippen molar-refractivity contribution in [3.8, 4) is 0 Å². The largest absolute Gasteiger partial charge is 0.478 e. The first-order valence-corrected chi connectivity index (χ1v) is 10.6. The predicted molar refractivity (Wildman–Crippen MR) is 96.1 cm³/mol. The molecule has 0 bridgehead atoms. The quantitative estimate of drug-likeness (QED) is 0.633. The highest BCUT2D eigenvalue weighted by molar-refractivity contribution is 7.92. The number of nitrogens with one attached hydrogen (secondary N) is 2. The van der Waals surface area contributed by atoms with Crippen molar-refractivity contribution in [1.29, 1.82) is 0 Å². The molecule has 0 aliphatic heterocycles. The lowest BCUT2D eigenvalue weighted by Gasteiger charge is -2.11. The van der Waals surface area contributed by atoms with Crippen molar-refractivity contribution < 1.29 is 31.1 Å². The summed E-state index contributed by atoms with van der Waals surface area (Å²) in [7, 11) is -7.92. The van der Waals surface area contributed by atoms with Gasteiger partial charge in [0.15, 0.2) is 0 Å². The van der Waals surface area contributed by atoms with Gasteiger partial charge in [0.1, 0.15) is 5.82 Å². The second-order valence-electron chi connectivity index (χ2n) is 5.85. The Morgan fingerprint density at radius 3 is 2.04 bits per heavy atom. The van der Waals surface area contributed by atoms with Gasteiger partial charge in [-0.3, -0.25) is 4.72 Å². The fourth-order valence-corrected chi connectivity index (χ4v) is 4.47. The minimum Gasteiger partial charge on any atom is -0.478 e. The van der Waals surface area contributed by atoms with Crippen molar-refractivity contribution in [3.05, 3.63) is 53.8 Å². The number of rotatable bonds is 7. The van der Waals surface area contributed by atoms with E-state index in [1.165, 1.54) is 24.3 Å². The molecule has 0 amide bonds. The number of aromatic carboxylic acids is 1. The first kappa shape index (κ1) is 20.8. The number of carboxylic acid groups (broad SMARTS) is 1. The molecule has 0 heterocycles. The van der Waals surface area contributed by atoms with Gasteiger partial charge in [0.25, 0.3) is 10.0 Å². The van der Waals surface area contributed by atoms with E-state index in [9.17, 15) is 26.0 Å². The Bertz CT molecular complexity index is 1060. The van der Waals surface area contributed by atoms with E-state index in [2.05, 4.69) is 9.44 Å². The summed E-state index contributed by atoms with van der Waals surface area (Å²) in [6.45, 7) is 3.32. The van der Waals surface area contributed by atoms with Gasteiger partial charge < -0.3 is 5.11 Å². The summed E-state index contributed by atoms with van der Waals surface area (Å²) in [5.41, 5.74) is -0.723. The van der Waals surface area contributed by atoms with Crippen molar-refractivity contribution in [3.63, 3.8) is 0 Å². The van der Waals surface area contributed by atoms with Crippen LogP contribution in [0.3, 0.4) is 0 Å². The first-order chi connectivity index (χ1) is 12.4. The molecule has 8 nitrogen and oxygen atoms in total. The van der Waals surface area contributed by atoms with E-state index >= 15 is 0 Å². The van der Waals surface area contributed by atoms with Crippen LogP contribution in [-0.4, -0.2) is 34.0 Å². The molecule has 3 N–H and O–H groups in total. The second-order valence-corrected chi connectivity index (χ2v) is 9.25. The molecule has 0 spiro atoms. The van der Waals surface area contributed by atoms with Gasteiger partial charge in [-0.25, -0.2) is 30.7 Å². The molecule has 0 saturated carbocycles. The molecule has 11 heteroatoms. The highest BCUT2D eigenvalue weighted by atomic mass is 32.2. The lowest BCUT2D eigenvalue weighted by Crippen LogP contribution is -2.30. The number of sulfonamides is 2. The van der Waals surface area contributed by atoms with E-state index in [1.54, 1.807) is 13.8 Å². The third kappa shape index (κ3) is 5.02. The van der Waals surface area contributed by atoms with Crippen LogP contribution in [-0.2, 0) is 20.0 Å². The molecule has 2 aromatic carbocycles. The third-order valence-electron chi connectivity index (χ3n) is 3.29. The fraction of sp³-hybridized carbons (Fsp3) is 0.188. The molecular formula is C16H17FN2O6S2. The second kappa shape index (κ2) is 7.62. The van der Waals surface area contributed by atoms with Gasteiger partial charge in [0.05, 0.1) is 15.4 Å². The third-order valence-corrected chi connectivity index (χ3v) is 6.34. The summed E-state index contributed by atoms with van der Waals surface area (Å²) in [4.78, 5) is 10.5. The van der Waals surface area contributed by atoms with E-state index in [4.69, 9.17) is 5.11 Å². The molecule has 0 radical (unpaired) electrons. The Morgan fingerprint density at radius 1 is 0.963 bits per heavy atom. The van der Waals surface area contributed by atoms with E-state index in [0.717, 1.165) is 12.1 Å². The molecule has 2 aromatic rings. The maximum absolute atomic E-state index is 13.4. The molecule has 0 saturated heterocycles. The SMILES string of the molecule is CC(C)NS(=O)(=O)c1ccc(NS(=O)(=O)c2ccc(F)c(C(=O)O)c2)cc1. The summed E-state index contributed by atoms with van der Waals surface area (Å²) < 4.78 is 66.8. The number of carboxylic acids is 1. The number of hydrogen-bond donors (Lipinski definition) is 3. The Labute approximate surface area is 156 Å². The number of anilines is 1. The van der Waals surface area contributed by atoms with Crippen LogP contribution >= 0.6 is 0 Å². The standard InChI is InChI=1S/C16H17FN2O6S2/c1-10(2)18-26(22,23)12-5-3-11(4-6-12)19-27(24,25)13-7-8-15(17)14(9-13)16(20)21/h3-10,18-19H,1-2H3,(H,20,21). The van der Waals surface area contributed by atoms with Gasteiger partial charge in [-0.1, -0.05) is 0 Å². The van der Waals surface area contributed by atoms with Crippen molar-refractivity contribution in [1.82, 2.24) is 4.72 Å². The molecular weight excluding hydrogens is 399 g/mol. The van der Waals surface area contributed by atoms with Gasteiger partial charge in [0, 0.05) is 11.7 Å². The fourth-order valence-electron chi connectivity index (χ4n) is 2.13. The van der Waals surface area contributed by atoms with Gasteiger partial charge in [-0.15, -0.1) is 0 Å². The van der Waals surface area contributed by atoms with Gasteiger partial charge >= 0.3 is 5.97 Å². The van der Waals surface area contributed by atoms with E-state index < -0.39 is 42.3 Å². The van der Waals surface area contributed by atoms with Crippen LogP contribution in [0.25, 0.3) is 0 Å². The summed E-state index contributed by atoms with van der Waals surface area (Å²) in [6.07, 6.45) is 0. The minimum absolute atomic E-state index is 0.0471. The van der Waals surface area contributed by atoms with Crippen molar-refractivity contribution in [2.45, 2.75) is 29.7 Å². The van der Waals surface area contributed by atoms with E-state index in [0.29, 0.717) is 6.07 Å². The zero-order valence-electron chi connectivity index (χ0n) is 14.3. The topological polar surface area (TPSA) is 130 Å². The van der Waals surface area contributed by atoms with Crippen molar-refractivity contribution in [2.75, 3.05) is 4.72 Å². The summed E-state index contributed by atoms with van der Waals surface area (Å²) in [5.74, 6) is -2.66. The molecule has 0 aromatic heterocycles. The smallest absolute Gasteiger partial charge is 0.338 e. The Hall–Kier alpha value is -2.50. The summed E-state index contributed by atoms with van der Waals surface area (Å²) in [6, 6.07) is 6.98. The monoisotopic (exact) mass is 416 g/mol. The molecule has 0 fully saturated rings. The molecule has 2 rings (SSSR count). The Balaban J connectivity index is 2.29. The number of carbonyl (C=O) groups is 1. The maximum atomic E-state index is 13.4. The lowest BCUT2D eigenvalue weighted by molar-refractivity contribution is 0.0691. The van der Waals surface area contributed by atoms with Crippen LogP contribution in [0, 0.1) is 5.82 Å². The molecule has 27 heavy (non-hydrogen) atoms. The molecule has 0 unspecified atom stereocenters. The van der Waals surface area contributed by atoms with Crippen LogP contribution in [0.2, 0.25) is 0 Å². The first-order valence-electron chi connectivity index (χ1n) is 7.60. The van der Waals surface area contributed by atoms with Crippen LogP contribution in [0.15, 0.2) is 52.3 Å². The van der Waals surface area contributed by atoms with Crippen molar-refractivity contribution >= 4 is 31.7 Å². The van der Waals surface area contributed by atoms with Crippen LogP contribution in [0.1, 0.15) is 24.2 Å². The zero-order chi connectivity index (χ0) is 20.4. The molecule has 0 atom stereocenters. The average molecular weight is 416 g/mol. The summed E-state index contributed by atoms with van der Waals surface area (Å²) >= 11 is 0. The number of hydrogen-bond acceptors (Lipinski definition) is 5. The maximum Gasteiger partial charge on any atom is 0.338 e. The normalized spacial score (nSPS) is 12.1. The molecule has 146 valence electrons. The highest BCUT2D eigenvalue weighted by Gasteiger charge is 2.20. The minimum atomic E-state index is -4.20. The van der Waals surface area contributed by atoms with E-state index in [1.807, 2.05) is 0 Å². The van der Waals surface area contributed by atoms with Crippen molar-refractivity contribution in [2.24, 2.45) is 0 Å². The summed E-state index contributed by atoms with van der Waals surface area (Å²) in [5, 5.41) is 8.90. The van der Waals surface area contributed by atoms with Crippen LogP contribution < -0.4 is 9.44 Å². The Morgan fingerprint density at radius 2 is 1.52 bits per heavy atom. The van der Waals surface area contributed by atoms with Crippen LogP contribution in [0.5, 0.6) is 0 Å². The van der Waals surface area contributed by atoms with Crippen LogP contribution in [0.4, 0.5) is 10.1 Å². The highest BCUT2D eigenvalue weighted by Crippen LogP contribution is 2.20. The number of benzene rings is 2. The average Bonchev–Trinajstić information content (AvgIpc) is 2.53. The lowest BCUT2D eigenvalue weighted by atomic mass is 10.2. The molecule has 0 aliphatic rings. The zero-order valence-corrected chi connectivity index (χ0v) is 15.9. The van der Waals surface area contributed by atoms with Gasteiger partial charge in [-0.05, 0) is 56.3 Å². The van der Waals surface area contributed by atoms with Gasteiger partial charge in [0.2, 0.25) is 10.0 Å². The molecule has 0 aliphatic carbocycles. The number of halogens is 1.